The molecule has 0 aromatic heterocycles. The van der Waals surface area contributed by atoms with Crippen molar-refractivity contribution in [1.82, 2.24) is 15.5 Å². The molecule has 0 amide bonds. The normalized spacial score (nSPS) is 22.4. The van der Waals surface area contributed by atoms with E-state index in [1.165, 1.54) is 57.3 Å². The molecule has 3 rings (SSSR count). The highest BCUT2D eigenvalue weighted by Crippen LogP contribution is 2.18. The van der Waals surface area contributed by atoms with Gasteiger partial charge in [-0.25, -0.2) is 0 Å². The largest absolute Gasteiger partial charge is 0.357 e. The molecule has 2 N–H and O–H groups in total. The number of hydrogen-bond acceptors (Lipinski definition) is 2. The number of aliphatic imine (C=N–C) groups is 1. The standard InChI is InChI=1S/C21H34N4/c1-2-22-21(24-20-10-6-7-11-20)23-16-19-13-15-25(17-19)14-12-18-8-4-3-5-9-18/h3-5,8-9,19-20H,2,6-7,10-17H2,1H3,(H2,22,23,24). The molecule has 1 unspecified atom stereocenters. The zero-order valence-corrected chi connectivity index (χ0v) is 15.7. The van der Waals surface area contributed by atoms with Gasteiger partial charge in [-0.1, -0.05) is 43.2 Å². The highest BCUT2D eigenvalue weighted by atomic mass is 15.2. The Labute approximate surface area is 153 Å². The minimum absolute atomic E-state index is 0.628. The van der Waals surface area contributed by atoms with Crippen LogP contribution in [0.5, 0.6) is 0 Å². The number of guanidine groups is 1. The van der Waals surface area contributed by atoms with Crippen LogP contribution >= 0.6 is 0 Å². The predicted octanol–water partition coefficient (Wildman–Crippen LogP) is 3.05. The van der Waals surface area contributed by atoms with Gasteiger partial charge in [0.05, 0.1) is 0 Å². The summed E-state index contributed by atoms with van der Waals surface area (Å²) in [7, 11) is 0. The van der Waals surface area contributed by atoms with Crippen molar-refractivity contribution in [2.75, 3.05) is 32.7 Å². The number of nitrogens with zero attached hydrogens (tertiary/aromatic N) is 2. The maximum Gasteiger partial charge on any atom is 0.191 e. The van der Waals surface area contributed by atoms with Crippen LogP contribution in [0.15, 0.2) is 35.3 Å². The van der Waals surface area contributed by atoms with Gasteiger partial charge in [0.15, 0.2) is 5.96 Å². The summed E-state index contributed by atoms with van der Waals surface area (Å²) < 4.78 is 0. The monoisotopic (exact) mass is 342 g/mol. The maximum atomic E-state index is 4.88. The minimum Gasteiger partial charge on any atom is -0.357 e. The van der Waals surface area contributed by atoms with Crippen LogP contribution in [0.25, 0.3) is 0 Å². The van der Waals surface area contributed by atoms with E-state index in [0.29, 0.717) is 12.0 Å². The fourth-order valence-electron chi connectivity index (χ4n) is 4.00. The van der Waals surface area contributed by atoms with Crippen molar-refractivity contribution in [3.05, 3.63) is 35.9 Å². The molecule has 2 aliphatic rings. The molecule has 4 heteroatoms. The molecule has 2 fully saturated rings. The number of hydrogen-bond donors (Lipinski definition) is 2. The van der Waals surface area contributed by atoms with Crippen LogP contribution in [0.1, 0.15) is 44.6 Å². The molecule has 0 radical (unpaired) electrons. The van der Waals surface area contributed by atoms with Gasteiger partial charge in [-0.2, -0.15) is 0 Å². The lowest BCUT2D eigenvalue weighted by Gasteiger charge is -2.18. The molecule has 0 bridgehead atoms. The maximum absolute atomic E-state index is 4.88. The lowest BCUT2D eigenvalue weighted by Crippen LogP contribution is -2.42. The SMILES string of the molecule is CCNC(=NCC1CCN(CCc2ccccc2)C1)NC1CCCC1. The summed E-state index contributed by atoms with van der Waals surface area (Å²) in [4.78, 5) is 7.48. The van der Waals surface area contributed by atoms with E-state index in [2.05, 4.69) is 52.8 Å². The fourth-order valence-corrected chi connectivity index (χ4v) is 4.00. The molecule has 4 nitrogen and oxygen atoms in total. The summed E-state index contributed by atoms with van der Waals surface area (Å²) in [6.07, 6.45) is 7.73. The van der Waals surface area contributed by atoms with Crippen LogP contribution in [-0.2, 0) is 6.42 Å². The lowest BCUT2D eigenvalue weighted by atomic mass is 10.1. The van der Waals surface area contributed by atoms with Gasteiger partial charge in [-0.15, -0.1) is 0 Å². The van der Waals surface area contributed by atoms with Gasteiger partial charge < -0.3 is 15.5 Å². The second-order valence-electron chi connectivity index (χ2n) is 7.54. The van der Waals surface area contributed by atoms with E-state index < -0.39 is 0 Å². The first-order valence-corrected chi connectivity index (χ1v) is 10.1. The first kappa shape index (κ1) is 18.2. The van der Waals surface area contributed by atoms with Crippen LogP contribution in [-0.4, -0.2) is 49.6 Å². The number of benzene rings is 1. The highest BCUT2D eigenvalue weighted by Gasteiger charge is 2.22. The van der Waals surface area contributed by atoms with Crippen molar-refractivity contribution < 1.29 is 0 Å². The number of likely N-dealkylation sites (tertiary alicyclic amines) is 1. The molecule has 1 saturated heterocycles. The third-order valence-corrected chi connectivity index (χ3v) is 5.48. The smallest absolute Gasteiger partial charge is 0.191 e. The molecular weight excluding hydrogens is 308 g/mol. The van der Waals surface area contributed by atoms with E-state index >= 15 is 0 Å². The zero-order valence-electron chi connectivity index (χ0n) is 15.7. The van der Waals surface area contributed by atoms with Crippen LogP contribution in [0.4, 0.5) is 0 Å². The molecule has 1 aromatic rings. The molecule has 1 heterocycles. The first-order valence-electron chi connectivity index (χ1n) is 10.1. The molecular formula is C21H34N4. The van der Waals surface area contributed by atoms with E-state index in [0.717, 1.165) is 25.5 Å². The molecule has 1 aliphatic carbocycles. The summed E-state index contributed by atoms with van der Waals surface area (Å²) in [6.45, 7) is 7.62. The van der Waals surface area contributed by atoms with Crippen LogP contribution in [0.2, 0.25) is 0 Å². The third kappa shape index (κ3) is 6.03. The van der Waals surface area contributed by atoms with Gasteiger partial charge in [-0.3, -0.25) is 4.99 Å². The first-order chi connectivity index (χ1) is 12.3. The minimum atomic E-state index is 0.628. The summed E-state index contributed by atoms with van der Waals surface area (Å²) in [6, 6.07) is 11.5. The summed E-state index contributed by atoms with van der Waals surface area (Å²) >= 11 is 0. The topological polar surface area (TPSA) is 39.7 Å². The van der Waals surface area contributed by atoms with Gasteiger partial charge in [-0.05, 0) is 50.6 Å². The van der Waals surface area contributed by atoms with Crippen molar-refractivity contribution in [3.63, 3.8) is 0 Å². The zero-order chi connectivity index (χ0) is 17.3. The average Bonchev–Trinajstić information content (AvgIpc) is 3.31. The van der Waals surface area contributed by atoms with Gasteiger partial charge in [0.25, 0.3) is 0 Å². The van der Waals surface area contributed by atoms with E-state index in [1.54, 1.807) is 0 Å². The summed E-state index contributed by atoms with van der Waals surface area (Å²) in [5, 5.41) is 7.04. The van der Waals surface area contributed by atoms with Gasteiger partial charge >= 0.3 is 0 Å². The Morgan fingerprint density at radius 3 is 2.72 bits per heavy atom. The lowest BCUT2D eigenvalue weighted by molar-refractivity contribution is 0.329. The van der Waals surface area contributed by atoms with E-state index in [9.17, 15) is 0 Å². The van der Waals surface area contributed by atoms with Crippen molar-refractivity contribution in [3.8, 4) is 0 Å². The Bertz CT molecular complexity index is 522. The quantitative estimate of drug-likeness (QED) is 0.591. The van der Waals surface area contributed by atoms with E-state index in [1.807, 2.05) is 0 Å². The Balaban J connectivity index is 1.41. The third-order valence-electron chi connectivity index (χ3n) is 5.48. The van der Waals surface area contributed by atoms with Crippen molar-refractivity contribution in [2.24, 2.45) is 10.9 Å². The predicted molar refractivity (Wildman–Crippen MR) is 106 cm³/mol. The number of rotatable bonds is 7. The van der Waals surface area contributed by atoms with Crippen LogP contribution in [0, 0.1) is 5.92 Å². The Morgan fingerprint density at radius 2 is 1.96 bits per heavy atom. The van der Waals surface area contributed by atoms with E-state index in [4.69, 9.17) is 4.99 Å². The second kappa shape index (κ2) is 9.81. The highest BCUT2D eigenvalue weighted by molar-refractivity contribution is 5.80. The molecule has 1 atom stereocenters. The Kier molecular flexibility index (Phi) is 7.16. The fraction of sp³-hybridized carbons (Fsp3) is 0.667. The summed E-state index contributed by atoms with van der Waals surface area (Å²) in [5.74, 6) is 1.73. The van der Waals surface area contributed by atoms with Crippen molar-refractivity contribution in [2.45, 2.75) is 51.5 Å². The Morgan fingerprint density at radius 1 is 1.16 bits per heavy atom. The van der Waals surface area contributed by atoms with Crippen molar-refractivity contribution in [1.29, 1.82) is 0 Å². The van der Waals surface area contributed by atoms with Gasteiger partial charge in [0, 0.05) is 32.2 Å². The van der Waals surface area contributed by atoms with E-state index in [-0.39, 0.29) is 0 Å². The van der Waals surface area contributed by atoms with Gasteiger partial charge in [0.1, 0.15) is 0 Å². The molecule has 0 spiro atoms. The van der Waals surface area contributed by atoms with Crippen molar-refractivity contribution >= 4 is 5.96 Å². The molecule has 1 aromatic carbocycles. The summed E-state index contributed by atoms with van der Waals surface area (Å²) in [5.41, 5.74) is 1.44. The molecule has 1 saturated carbocycles. The Hall–Kier alpha value is -1.55. The molecule has 1 aliphatic heterocycles. The number of nitrogens with one attached hydrogen (secondary N) is 2. The molecule has 25 heavy (non-hydrogen) atoms. The van der Waals surface area contributed by atoms with Gasteiger partial charge in [0.2, 0.25) is 0 Å². The van der Waals surface area contributed by atoms with Crippen LogP contribution < -0.4 is 10.6 Å². The second-order valence-corrected chi connectivity index (χ2v) is 7.54. The average molecular weight is 343 g/mol. The molecule has 138 valence electrons. The van der Waals surface area contributed by atoms with Crippen LogP contribution in [0.3, 0.4) is 0 Å².